The van der Waals surface area contributed by atoms with Crippen molar-refractivity contribution < 1.29 is 5.11 Å². The quantitative estimate of drug-likeness (QED) is 0.417. The molecule has 0 bridgehead atoms. The molecule has 1 aliphatic rings. The van der Waals surface area contributed by atoms with Gasteiger partial charge in [0.25, 0.3) is 5.90 Å². The second-order valence-corrected chi connectivity index (χ2v) is 1.17. The van der Waals surface area contributed by atoms with E-state index in [1.807, 2.05) is 0 Å². The minimum Gasteiger partial charge on any atom is -0.265 e. The summed E-state index contributed by atoms with van der Waals surface area (Å²) in [6.45, 7) is 3.34. The Labute approximate surface area is 40.7 Å². The fourth-order valence-corrected chi connectivity index (χ4v) is 0.270. The monoisotopic (exact) mass is 95.0 g/mol. The molecule has 0 aromatic rings. The Balaban J connectivity index is 2.89. The van der Waals surface area contributed by atoms with Crippen LogP contribution in [0.5, 0.6) is 0 Å². The van der Waals surface area contributed by atoms with Crippen molar-refractivity contribution >= 4 is 12.1 Å². The predicted molar refractivity (Wildman–Crippen MR) is 25.8 cm³/mol. The third-order valence-electron chi connectivity index (χ3n) is 0.637. The topological polar surface area (TPSA) is 44.6 Å². The SMILES string of the molecule is C=C1C=NN=C1[O]. The first-order valence-corrected chi connectivity index (χ1v) is 1.78. The van der Waals surface area contributed by atoms with E-state index in [4.69, 9.17) is 0 Å². The second-order valence-electron chi connectivity index (χ2n) is 1.17. The van der Waals surface area contributed by atoms with Crippen molar-refractivity contribution in [2.75, 3.05) is 0 Å². The number of nitrogens with zero attached hydrogens (tertiary/aromatic N) is 2. The lowest BCUT2D eigenvalue weighted by molar-refractivity contribution is 0.430. The van der Waals surface area contributed by atoms with Crippen LogP contribution in [0, 0.1) is 0 Å². The molecule has 0 N–H and O–H groups in total. The minimum atomic E-state index is -0.333. The van der Waals surface area contributed by atoms with E-state index in [-0.39, 0.29) is 5.90 Å². The van der Waals surface area contributed by atoms with Crippen molar-refractivity contribution in [1.29, 1.82) is 0 Å². The van der Waals surface area contributed by atoms with Gasteiger partial charge >= 0.3 is 0 Å². The normalized spacial score (nSPS) is 17.7. The van der Waals surface area contributed by atoms with Crippen LogP contribution in [0.4, 0.5) is 0 Å². The summed E-state index contributed by atoms with van der Waals surface area (Å²) in [5, 5.41) is 16.6. The van der Waals surface area contributed by atoms with Crippen LogP contribution in [0.1, 0.15) is 0 Å². The van der Waals surface area contributed by atoms with E-state index in [0.717, 1.165) is 0 Å². The van der Waals surface area contributed by atoms with Crippen molar-refractivity contribution in [2.24, 2.45) is 10.2 Å². The predicted octanol–water partition coefficient (Wildman–Crippen LogP) is 0.371. The van der Waals surface area contributed by atoms with Gasteiger partial charge in [0.2, 0.25) is 0 Å². The summed E-state index contributed by atoms with van der Waals surface area (Å²) >= 11 is 0. The molecule has 0 aliphatic carbocycles. The lowest BCUT2D eigenvalue weighted by atomic mass is 10.3. The third-order valence-corrected chi connectivity index (χ3v) is 0.637. The molecule has 0 fully saturated rings. The van der Waals surface area contributed by atoms with Crippen molar-refractivity contribution in [1.82, 2.24) is 0 Å². The summed E-state index contributed by atoms with van der Waals surface area (Å²) in [4.78, 5) is 0. The lowest BCUT2D eigenvalue weighted by Gasteiger charge is -1.74. The summed E-state index contributed by atoms with van der Waals surface area (Å²) in [5.74, 6) is -0.333. The van der Waals surface area contributed by atoms with E-state index in [2.05, 4.69) is 16.8 Å². The number of hydrogen-bond acceptors (Lipinski definition) is 2. The van der Waals surface area contributed by atoms with Crippen molar-refractivity contribution in [3.8, 4) is 0 Å². The van der Waals surface area contributed by atoms with Crippen molar-refractivity contribution in [3.05, 3.63) is 12.2 Å². The van der Waals surface area contributed by atoms with E-state index < -0.39 is 0 Å². The van der Waals surface area contributed by atoms with Crippen molar-refractivity contribution in [2.45, 2.75) is 0 Å². The zero-order valence-corrected chi connectivity index (χ0v) is 3.59. The maximum absolute atomic E-state index is 10.2. The molecule has 1 aliphatic heterocycles. The molecule has 0 amide bonds. The Kier molecular flexibility index (Phi) is 0.685. The second kappa shape index (κ2) is 1.18. The molecule has 0 spiro atoms. The van der Waals surface area contributed by atoms with Crippen molar-refractivity contribution in [3.63, 3.8) is 0 Å². The van der Waals surface area contributed by atoms with Crippen LogP contribution >= 0.6 is 0 Å². The molecule has 7 heavy (non-hydrogen) atoms. The standard InChI is InChI=1S/C4H3N2O/c1-3-2-5-6-4(3)7/h2H,1H2. The third kappa shape index (κ3) is 0.513. The fraction of sp³-hybridized carbons (Fsp3) is 0. The molecule has 1 heterocycles. The van der Waals surface area contributed by atoms with E-state index in [1.54, 1.807) is 0 Å². The van der Waals surface area contributed by atoms with Gasteiger partial charge in [0.15, 0.2) is 0 Å². The molecular weight excluding hydrogens is 92.1 g/mol. The minimum absolute atomic E-state index is 0.333. The Bertz CT molecular complexity index is 157. The summed E-state index contributed by atoms with van der Waals surface area (Å²) in [6.07, 6.45) is 1.34. The van der Waals surface area contributed by atoms with Gasteiger partial charge in [0.05, 0.1) is 11.8 Å². The fourth-order valence-electron chi connectivity index (χ4n) is 0.270. The van der Waals surface area contributed by atoms with Gasteiger partial charge in [-0.1, -0.05) is 6.58 Å². The van der Waals surface area contributed by atoms with Crippen LogP contribution in [0.3, 0.4) is 0 Å². The van der Waals surface area contributed by atoms with Gasteiger partial charge in [-0.15, -0.1) is 5.10 Å². The van der Waals surface area contributed by atoms with E-state index >= 15 is 0 Å². The average molecular weight is 95.1 g/mol. The molecule has 0 aromatic carbocycles. The number of rotatable bonds is 0. The van der Waals surface area contributed by atoms with Crippen LogP contribution in [0.15, 0.2) is 22.4 Å². The maximum Gasteiger partial charge on any atom is 0.296 e. The molecule has 0 unspecified atom stereocenters. The van der Waals surface area contributed by atoms with Gasteiger partial charge < -0.3 is 0 Å². The summed E-state index contributed by atoms with van der Waals surface area (Å²) < 4.78 is 0. The Morgan fingerprint density at radius 1 is 1.71 bits per heavy atom. The van der Waals surface area contributed by atoms with Gasteiger partial charge in [0.1, 0.15) is 0 Å². The molecular formula is C4H3N2O. The van der Waals surface area contributed by atoms with Crippen LogP contribution < -0.4 is 0 Å². The molecule has 3 heteroatoms. The van der Waals surface area contributed by atoms with Gasteiger partial charge in [-0.2, -0.15) is 5.10 Å². The molecule has 0 saturated carbocycles. The summed E-state index contributed by atoms with van der Waals surface area (Å²) in [7, 11) is 0. The van der Waals surface area contributed by atoms with Crippen LogP contribution in [-0.2, 0) is 5.11 Å². The highest BCUT2D eigenvalue weighted by Crippen LogP contribution is 1.96. The Hall–Kier alpha value is -1.12. The molecule has 0 atom stereocenters. The zero-order valence-electron chi connectivity index (χ0n) is 3.59. The summed E-state index contributed by atoms with van der Waals surface area (Å²) in [5.41, 5.74) is 0.361. The number of hydrogen-bond donors (Lipinski definition) is 0. The first kappa shape index (κ1) is 4.05. The highest BCUT2D eigenvalue weighted by Gasteiger charge is 2.04. The van der Waals surface area contributed by atoms with Gasteiger partial charge in [-0.3, -0.25) is 5.11 Å². The molecule has 0 aromatic heterocycles. The smallest absolute Gasteiger partial charge is 0.265 e. The largest absolute Gasteiger partial charge is 0.296 e. The maximum atomic E-state index is 10.2. The van der Waals surface area contributed by atoms with E-state index in [9.17, 15) is 5.11 Å². The highest BCUT2D eigenvalue weighted by molar-refractivity contribution is 6.12. The lowest BCUT2D eigenvalue weighted by Crippen LogP contribution is -1.91. The first-order valence-electron chi connectivity index (χ1n) is 1.78. The molecule has 35 valence electrons. The van der Waals surface area contributed by atoms with Gasteiger partial charge in [-0.25, -0.2) is 0 Å². The zero-order chi connectivity index (χ0) is 5.28. The van der Waals surface area contributed by atoms with Gasteiger partial charge in [-0.05, 0) is 0 Å². The van der Waals surface area contributed by atoms with Crippen LogP contribution in [0.25, 0.3) is 0 Å². The molecule has 1 radical (unpaired) electrons. The summed E-state index contributed by atoms with van der Waals surface area (Å²) in [6, 6.07) is 0. The Morgan fingerprint density at radius 2 is 2.43 bits per heavy atom. The molecule has 0 saturated heterocycles. The molecule has 1 rings (SSSR count). The first-order chi connectivity index (χ1) is 3.30. The van der Waals surface area contributed by atoms with E-state index in [1.165, 1.54) is 6.21 Å². The van der Waals surface area contributed by atoms with Crippen LogP contribution in [0.2, 0.25) is 0 Å². The van der Waals surface area contributed by atoms with E-state index in [0.29, 0.717) is 5.57 Å². The Morgan fingerprint density at radius 3 is 2.57 bits per heavy atom. The van der Waals surface area contributed by atoms with Crippen LogP contribution in [-0.4, -0.2) is 12.1 Å². The highest BCUT2D eigenvalue weighted by atomic mass is 16.3. The average Bonchev–Trinajstić information content (AvgIpc) is 1.91. The van der Waals surface area contributed by atoms with Gasteiger partial charge in [0, 0.05) is 0 Å². The molecule has 3 nitrogen and oxygen atoms in total.